The summed E-state index contributed by atoms with van der Waals surface area (Å²) in [6.45, 7) is 9.49. The van der Waals surface area contributed by atoms with E-state index in [-0.39, 0.29) is 10.6 Å². The van der Waals surface area contributed by atoms with Gasteiger partial charge in [0.1, 0.15) is 0 Å². The molecule has 1 heterocycles. The van der Waals surface area contributed by atoms with Crippen LogP contribution in [0, 0.1) is 16.0 Å². The van der Waals surface area contributed by atoms with Gasteiger partial charge < -0.3 is 10.0 Å². The minimum Gasteiger partial charge on any atom is -0.388 e. The summed E-state index contributed by atoms with van der Waals surface area (Å²) in [6, 6.07) is 1.50. The zero-order valence-corrected chi connectivity index (χ0v) is 13.4. The number of thiophene rings is 1. The normalized spacial score (nSPS) is 12.7. The van der Waals surface area contributed by atoms with Gasteiger partial charge in [-0.25, -0.2) is 0 Å². The smallest absolute Gasteiger partial charge is 0.304 e. The minimum atomic E-state index is -0.667. The third-order valence-corrected chi connectivity index (χ3v) is 4.98. The second kappa shape index (κ2) is 7.59. The number of rotatable bonds is 8. The van der Waals surface area contributed by atoms with Gasteiger partial charge in [0.2, 0.25) is 0 Å². The van der Waals surface area contributed by atoms with E-state index in [0.29, 0.717) is 15.8 Å². The number of aliphatic hydroxyl groups excluding tert-OH is 1. The summed E-state index contributed by atoms with van der Waals surface area (Å²) in [4.78, 5) is 13.6. The third kappa shape index (κ3) is 3.93. The van der Waals surface area contributed by atoms with Gasteiger partial charge >= 0.3 is 5.69 Å². The summed E-state index contributed by atoms with van der Waals surface area (Å²) in [5.41, 5.74) is 0.110. The van der Waals surface area contributed by atoms with Crippen molar-refractivity contribution in [2.24, 2.45) is 5.92 Å². The van der Waals surface area contributed by atoms with Gasteiger partial charge in [0, 0.05) is 24.0 Å². The van der Waals surface area contributed by atoms with E-state index >= 15 is 0 Å². The number of hydrogen-bond donors (Lipinski definition) is 1. The second-order valence-corrected chi connectivity index (χ2v) is 6.06. The van der Waals surface area contributed by atoms with Crippen LogP contribution < -0.4 is 4.90 Å². The van der Waals surface area contributed by atoms with Crippen LogP contribution in [-0.2, 0) is 0 Å². The number of nitrogens with zero attached hydrogens (tertiary/aromatic N) is 2. The minimum absolute atomic E-state index is 0.110. The maximum atomic E-state index is 11.2. The highest BCUT2D eigenvalue weighted by molar-refractivity contribution is 7.16. The quantitative estimate of drug-likeness (QED) is 0.582. The second-order valence-electron chi connectivity index (χ2n) is 4.99. The molecule has 0 saturated heterocycles. The zero-order chi connectivity index (χ0) is 15.3. The van der Waals surface area contributed by atoms with Gasteiger partial charge in [-0.1, -0.05) is 26.7 Å². The average Bonchev–Trinajstić information content (AvgIpc) is 2.85. The lowest BCUT2D eigenvalue weighted by molar-refractivity contribution is -0.383. The van der Waals surface area contributed by atoms with Gasteiger partial charge in [0.25, 0.3) is 0 Å². The van der Waals surface area contributed by atoms with E-state index in [1.165, 1.54) is 17.4 Å². The predicted octanol–water partition coefficient (Wildman–Crippen LogP) is 3.97. The third-order valence-electron chi connectivity index (χ3n) is 3.62. The first-order valence-corrected chi connectivity index (χ1v) is 7.97. The highest BCUT2D eigenvalue weighted by Crippen LogP contribution is 2.40. The molecule has 0 aromatic carbocycles. The van der Waals surface area contributed by atoms with Crippen molar-refractivity contribution in [2.75, 3.05) is 18.0 Å². The molecular formula is C14H24N2O3S. The highest BCUT2D eigenvalue weighted by Gasteiger charge is 2.25. The Kier molecular flexibility index (Phi) is 6.42. The van der Waals surface area contributed by atoms with Gasteiger partial charge in [-0.05, 0) is 19.8 Å². The molecule has 20 heavy (non-hydrogen) atoms. The first-order valence-electron chi connectivity index (χ1n) is 7.15. The van der Waals surface area contributed by atoms with Crippen molar-refractivity contribution in [2.45, 2.75) is 46.6 Å². The topological polar surface area (TPSA) is 66.6 Å². The van der Waals surface area contributed by atoms with Gasteiger partial charge in [0.15, 0.2) is 5.00 Å². The van der Waals surface area contributed by atoms with Crippen molar-refractivity contribution >= 4 is 22.0 Å². The van der Waals surface area contributed by atoms with Crippen molar-refractivity contribution in [1.29, 1.82) is 0 Å². The molecule has 0 aliphatic rings. The van der Waals surface area contributed by atoms with Gasteiger partial charge in [-0.2, -0.15) is 0 Å². The molecule has 1 unspecified atom stereocenters. The number of aliphatic hydroxyl groups is 1. The average molecular weight is 300 g/mol. The van der Waals surface area contributed by atoms with Crippen LogP contribution in [0.5, 0.6) is 0 Å². The molecule has 1 N–H and O–H groups in total. The number of nitro groups is 1. The van der Waals surface area contributed by atoms with E-state index in [1.807, 2.05) is 6.92 Å². The fraction of sp³-hybridized carbons (Fsp3) is 0.714. The van der Waals surface area contributed by atoms with Crippen LogP contribution in [0.1, 0.15) is 51.5 Å². The Balaban J connectivity index is 3.09. The summed E-state index contributed by atoms with van der Waals surface area (Å²) in [5.74, 6) is 0.534. The molecule has 0 aliphatic heterocycles. The molecule has 1 atom stereocenters. The van der Waals surface area contributed by atoms with Crippen molar-refractivity contribution in [3.63, 3.8) is 0 Å². The molecule has 5 nitrogen and oxygen atoms in total. The van der Waals surface area contributed by atoms with Crippen molar-refractivity contribution in [1.82, 2.24) is 0 Å². The summed E-state index contributed by atoms with van der Waals surface area (Å²) >= 11 is 1.33. The first-order chi connectivity index (χ1) is 9.44. The molecule has 0 radical (unpaired) electrons. The van der Waals surface area contributed by atoms with Crippen LogP contribution >= 0.6 is 11.3 Å². The van der Waals surface area contributed by atoms with Crippen LogP contribution in [-0.4, -0.2) is 23.1 Å². The number of anilines is 1. The Morgan fingerprint density at radius 1 is 1.40 bits per heavy atom. The highest BCUT2D eigenvalue weighted by atomic mass is 32.1. The standard InChI is InChI=1S/C14H24N2O3S/c1-5-11(6-2)9-15(7-3)14-12(16(18)19)8-13(20-14)10(4)17/h8,10-11,17H,5-7,9H2,1-4H3. The van der Waals surface area contributed by atoms with Crippen LogP contribution in [0.3, 0.4) is 0 Å². The van der Waals surface area contributed by atoms with Crippen molar-refractivity contribution in [3.05, 3.63) is 21.1 Å². The maximum absolute atomic E-state index is 11.2. The van der Waals surface area contributed by atoms with Crippen molar-refractivity contribution in [3.8, 4) is 0 Å². The summed E-state index contributed by atoms with van der Waals surface area (Å²) < 4.78 is 0. The molecule has 0 amide bonds. The van der Waals surface area contributed by atoms with Gasteiger partial charge in [0.05, 0.1) is 11.0 Å². The van der Waals surface area contributed by atoms with E-state index in [1.54, 1.807) is 6.92 Å². The molecule has 0 spiro atoms. The Hall–Kier alpha value is -1.14. The maximum Gasteiger partial charge on any atom is 0.304 e. The Bertz CT molecular complexity index is 442. The van der Waals surface area contributed by atoms with Crippen molar-refractivity contribution < 1.29 is 10.0 Å². The Morgan fingerprint density at radius 2 is 2.00 bits per heavy atom. The van der Waals surface area contributed by atoms with Gasteiger partial charge in [-0.3, -0.25) is 10.1 Å². The van der Waals surface area contributed by atoms with Crippen LogP contribution in [0.4, 0.5) is 10.7 Å². The van der Waals surface area contributed by atoms with Crippen LogP contribution in [0.25, 0.3) is 0 Å². The van der Waals surface area contributed by atoms with E-state index in [2.05, 4.69) is 18.7 Å². The summed E-state index contributed by atoms with van der Waals surface area (Å²) in [7, 11) is 0. The van der Waals surface area contributed by atoms with E-state index in [0.717, 1.165) is 25.9 Å². The lowest BCUT2D eigenvalue weighted by atomic mass is 10.0. The molecule has 0 fully saturated rings. The summed E-state index contributed by atoms with van der Waals surface area (Å²) in [5, 5.41) is 21.5. The SMILES string of the molecule is CCC(CC)CN(CC)c1sc(C(C)O)cc1[N+](=O)[O-]. The molecule has 1 aromatic rings. The molecule has 1 rings (SSSR count). The van der Waals surface area contributed by atoms with Crippen LogP contribution in [0.15, 0.2) is 6.07 Å². The zero-order valence-electron chi connectivity index (χ0n) is 12.6. The fourth-order valence-electron chi connectivity index (χ4n) is 2.17. The van der Waals surface area contributed by atoms with E-state index in [9.17, 15) is 15.2 Å². The fourth-order valence-corrected chi connectivity index (χ4v) is 3.30. The molecule has 114 valence electrons. The molecular weight excluding hydrogens is 276 g/mol. The predicted molar refractivity (Wildman–Crippen MR) is 83.6 cm³/mol. The Labute approximate surface area is 124 Å². The lowest BCUT2D eigenvalue weighted by Gasteiger charge is -2.25. The van der Waals surface area contributed by atoms with Gasteiger partial charge in [-0.15, -0.1) is 11.3 Å². The van der Waals surface area contributed by atoms with E-state index < -0.39 is 6.10 Å². The molecule has 0 saturated carbocycles. The lowest BCUT2D eigenvalue weighted by Crippen LogP contribution is -2.28. The number of hydrogen-bond acceptors (Lipinski definition) is 5. The molecule has 6 heteroatoms. The molecule has 1 aromatic heterocycles. The largest absolute Gasteiger partial charge is 0.388 e. The first kappa shape index (κ1) is 16.9. The molecule has 0 bridgehead atoms. The monoisotopic (exact) mass is 300 g/mol. The van der Waals surface area contributed by atoms with Crippen LogP contribution in [0.2, 0.25) is 0 Å². The summed E-state index contributed by atoms with van der Waals surface area (Å²) in [6.07, 6.45) is 1.46. The van der Waals surface area contributed by atoms with E-state index in [4.69, 9.17) is 0 Å². The molecule has 0 aliphatic carbocycles. The Morgan fingerprint density at radius 3 is 2.40 bits per heavy atom.